The maximum Gasteiger partial charge on any atom is 0.194 e. The van der Waals surface area contributed by atoms with Gasteiger partial charge in [-0.2, -0.15) is 0 Å². The van der Waals surface area contributed by atoms with Crippen molar-refractivity contribution in [2.45, 2.75) is 13.5 Å². The van der Waals surface area contributed by atoms with Crippen LogP contribution in [0, 0.1) is 0 Å². The normalized spacial score (nSPS) is 15.1. The fraction of sp³-hybridized carbons (Fsp3) is 0.500. The molecule has 1 aromatic carbocycles. The molecule has 0 unspecified atom stereocenters. The topological polar surface area (TPSA) is 43.3 Å². The van der Waals surface area contributed by atoms with Crippen molar-refractivity contribution in [2.75, 3.05) is 64.9 Å². The molecule has 2 aromatic rings. The number of piperazine rings is 1. The average Bonchev–Trinajstić information content (AvgIpc) is 3.26. The van der Waals surface area contributed by atoms with E-state index in [1.54, 1.807) is 0 Å². The van der Waals surface area contributed by atoms with E-state index < -0.39 is 0 Å². The lowest BCUT2D eigenvalue weighted by Gasteiger charge is -2.37. The molecule has 1 fully saturated rings. The van der Waals surface area contributed by atoms with Crippen LogP contribution in [-0.2, 0) is 6.54 Å². The van der Waals surface area contributed by atoms with Gasteiger partial charge in [0, 0.05) is 39.3 Å². The quantitative estimate of drug-likeness (QED) is 0.530. The van der Waals surface area contributed by atoms with Gasteiger partial charge in [-0.1, -0.05) is 12.1 Å². The van der Waals surface area contributed by atoms with Crippen LogP contribution in [0.5, 0.6) is 5.75 Å². The molecule has 0 saturated carbocycles. The molecule has 6 nitrogen and oxygen atoms in total. The molecule has 1 N–H and O–H groups in total. The highest BCUT2D eigenvalue weighted by Crippen LogP contribution is 2.22. The first-order valence-electron chi connectivity index (χ1n) is 10.3. The standard InChI is InChI=1S/C22H33N5OS/c1-4-23-22(27-12-10-26(11-13-27)21-9-6-16-29-21)24-18-19-7-5-8-20(17-19)28-15-14-25(2)3/h5-9,16-17H,4,10-15,18H2,1-3H3,(H,23,24). The summed E-state index contributed by atoms with van der Waals surface area (Å²) in [7, 11) is 4.11. The Balaban J connectivity index is 1.56. The van der Waals surface area contributed by atoms with Gasteiger partial charge in [0.05, 0.1) is 11.5 Å². The van der Waals surface area contributed by atoms with Crippen molar-refractivity contribution in [2.24, 2.45) is 4.99 Å². The third-order valence-electron chi connectivity index (χ3n) is 4.85. The van der Waals surface area contributed by atoms with Crippen LogP contribution in [-0.4, -0.2) is 75.7 Å². The SMILES string of the molecule is CCNC(=NCc1cccc(OCCN(C)C)c1)N1CCN(c2cccs2)CC1. The van der Waals surface area contributed by atoms with Crippen LogP contribution < -0.4 is 15.0 Å². The van der Waals surface area contributed by atoms with E-state index in [9.17, 15) is 0 Å². The van der Waals surface area contributed by atoms with Gasteiger partial charge in [0.1, 0.15) is 12.4 Å². The Morgan fingerprint density at radius 1 is 1.17 bits per heavy atom. The van der Waals surface area contributed by atoms with Crippen molar-refractivity contribution in [3.05, 3.63) is 47.3 Å². The molecule has 0 spiro atoms. The summed E-state index contributed by atoms with van der Waals surface area (Å²) in [6.45, 7) is 9.27. The lowest BCUT2D eigenvalue weighted by atomic mass is 10.2. The zero-order valence-corrected chi connectivity index (χ0v) is 18.6. The number of nitrogens with zero attached hydrogens (tertiary/aromatic N) is 4. The van der Waals surface area contributed by atoms with Crippen molar-refractivity contribution >= 4 is 22.3 Å². The molecule has 0 bridgehead atoms. The number of guanidine groups is 1. The second kappa shape index (κ2) is 11.1. The highest BCUT2D eigenvalue weighted by Gasteiger charge is 2.20. The molecule has 0 aliphatic carbocycles. The van der Waals surface area contributed by atoms with Crippen LogP contribution in [0.15, 0.2) is 46.8 Å². The molecule has 0 atom stereocenters. The van der Waals surface area contributed by atoms with Gasteiger partial charge in [-0.3, -0.25) is 0 Å². The number of benzene rings is 1. The Kier molecular flexibility index (Phi) is 8.19. The van der Waals surface area contributed by atoms with Gasteiger partial charge in [-0.25, -0.2) is 4.99 Å². The van der Waals surface area contributed by atoms with Gasteiger partial charge in [-0.15, -0.1) is 11.3 Å². The molecule has 0 amide bonds. The Hall–Kier alpha value is -2.25. The lowest BCUT2D eigenvalue weighted by Crippen LogP contribution is -2.52. The van der Waals surface area contributed by atoms with Gasteiger partial charge in [-0.05, 0) is 56.2 Å². The van der Waals surface area contributed by atoms with Gasteiger partial charge in [0.25, 0.3) is 0 Å². The summed E-state index contributed by atoms with van der Waals surface area (Å²) in [6.07, 6.45) is 0. The first-order chi connectivity index (χ1) is 14.2. The maximum atomic E-state index is 5.85. The van der Waals surface area contributed by atoms with E-state index in [0.29, 0.717) is 13.2 Å². The van der Waals surface area contributed by atoms with Crippen molar-refractivity contribution in [1.29, 1.82) is 0 Å². The molecule has 2 heterocycles. The Labute approximate surface area is 178 Å². The lowest BCUT2D eigenvalue weighted by molar-refractivity contribution is 0.261. The molecular weight excluding hydrogens is 382 g/mol. The van der Waals surface area contributed by atoms with Crippen LogP contribution in [0.2, 0.25) is 0 Å². The number of aliphatic imine (C=N–C) groups is 1. The molecule has 0 radical (unpaired) electrons. The molecule has 7 heteroatoms. The number of nitrogens with one attached hydrogen (secondary N) is 1. The van der Waals surface area contributed by atoms with E-state index in [1.807, 2.05) is 23.5 Å². The Bertz CT molecular complexity index is 754. The highest BCUT2D eigenvalue weighted by molar-refractivity contribution is 7.14. The van der Waals surface area contributed by atoms with Gasteiger partial charge in [0.2, 0.25) is 0 Å². The minimum Gasteiger partial charge on any atom is -0.492 e. The first-order valence-corrected chi connectivity index (χ1v) is 11.2. The zero-order valence-electron chi connectivity index (χ0n) is 17.8. The van der Waals surface area contributed by atoms with Gasteiger partial charge >= 0.3 is 0 Å². The summed E-state index contributed by atoms with van der Waals surface area (Å²) in [5.41, 5.74) is 1.17. The van der Waals surface area contributed by atoms with Crippen LogP contribution in [0.4, 0.5) is 5.00 Å². The van der Waals surface area contributed by atoms with E-state index in [0.717, 1.165) is 51.0 Å². The van der Waals surface area contributed by atoms with Crippen molar-refractivity contribution in [1.82, 2.24) is 15.1 Å². The van der Waals surface area contributed by atoms with Crippen molar-refractivity contribution in [3.63, 3.8) is 0 Å². The van der Waals surface area contributed by atoms with E-state index in [1.165, 1.54) is 10.6 Å². The van der Waals surface area contributed by atoms with E-state index in [4.69, 9.17) is 9.73 Å². The predicted octanol–water partition coefficient (Wildman–Crippen LogP) is 2.98. The average molecular weight is 416 g/mol. The number of ether oxygens (including phenoxy) is 1. The molecule has 1 saturated heterocycles. The van der Waals surface area contributed by atoms with Crippen LogP contribution in [0.3, 0.4) is 0 Å². The van der Waals surface area contributed by atoms with E-state index in [2.05, 4.69) is 70.7 Å². The molecule has 1 aromatic heterocycles. The number of likely N-dealkylation sites (N-methyl/N-ethyl adjacent to an activating group) is 1. The summed E-state index contributed by atoms with van der Waals surface area (Å²) < 4.78 is 5.85. The van der Waals surface area contributed by atoms with Gasteiger partial charge < -0.3 is 24.8 Å². The predicted molar refractivity (Wildman–Crippen MR) is 123 cm³/mol. The molecular formula is C22H33N5OS. The Morgan fingerprint density at radius 3 is 2.69 bits per heavy atom. The minimum absolute atomic E-state index is 0.651. The largest absolute Gasteiger partial charge is 0.492 e. The fourth-order valence-corrected chi connectivity index (χ4v) is 4.05. The highest BCUT2D eigenvalue weighted by atomic mass is 32.1. The summed E-state index contributed by atoms with van der Waals surface area (Å²) in [4.78, 5) is 11.8. The van der Waals surface area contributed by atoms with Crippen molar-refractivity contribution in [3.8, 4) is 5.75 Å². The van der Waals surface area contributed by atoms with Crippen LogP contribution >= 0.6 is 11.3 Å². The number of anilines is 1. The Morgan fingerprint density at radius 2 is 2.00 bits per heavy atom. The zero-order chi connectivity index (χ0) is 20.5. The molecule has 3 rings (SSSR count). The summed E-state index contributed by atoms with van der Waals surface area (Å²) in [6, 6.07) is 12.6. The second-order valence-electron chi connectivity index (χ2n) is 7.39. The monoisotopic (exact) mass is 415 g/mol. The van der Waals surface area contributed by atoms with E-state index in [-0.39, 0.29) is 0 Å². The molecule has 1 aliphatic rings. The van der Waals surface area contributed by atoms with Crippen LogP contribution in [0.1, 0.15) is 12.5 Å². The minimum atomic E-state index is 0.651. The summed E-state index contributed by atoms with van der Waals surface area (Å²) >= 11 is 1.81. The maximum absolute atomic E-state index is 5.85. The smallest absolute Gasteiger partial charge is 0.194 e. The fourth-order valence-electron chi connectivity index (χ4n) is 3.26. The second-order valence-corrected chi connectivity index (χ2v) is 8.32. The van der Waals surface area contributed by atoms with Crippen molar-refractivity contribution < 1.29 is 4.74 Å². The first kappa shape index (κ1) is 21.5. The van der Waals surface area contributed by atoms with Gasteiger partial charge in [0.15, 0.2) is 5.96 Å². The van der Waals surface area contributed by atoms with Crippen LogP contribution in [0.25, 0.3) is 0 Å². The number of hydrogen-bond donors (Lipinski definition) is 1. The number of thiophene rings is 1. The third kappa shape index (κ3) is 6.65. The summed E-state index contributed by atoms with van der Waals surface area (Å²) in [5, 5.41) is 6.96. The number of hydrogen-bond acceptors (Lipinski definition) is 5. The molecule has 1 aliphatic heterocycles. The van der Waals surface area contributed by atoms with E-state index >= 15 is 0 Å². The third-order valence-corrected chi connectivity index (χ3v) is 5.78. The summed E-state index contributed by atoms with van der Waals surface area (Å²) in [5.74, 6) is 1.91. The molecule has 158 valence electrons. The molecule has 29 heavy (non-hydrogen) atoms. The number of rotatable bonds is 8.